The minimum atomic E-state index is -4.41. The predicted molar refractivity (Wildman–Crippen MR) is 105 cm³/mol. The average Bonchev–Trinajstić information content (AvgIpc) is 3.33. The standard InChI is InChI=1S/C18H16ClF4N5S/c1-10-8-27(17-16(18(21,22)23)29-9-24-17)4-5-28(10)15-7-14(25-26-15)11-2-3-13(20)12(19)6-11/h2-3,6-7,9-10H,4-5,8H2,1H3,(H,25,26). The van der Waals surface area contributed by atoms with E-state index in [1.807, 2.05) is 17.9 Å². The third-order valence-corrected chi connectivity index (χ3v) is 5.97. The minimum Gasteiger partial charge on any atom is -0.352 e. The molecular weight excluding hydrogens is 430 g/mol. The van der Waals surface area contributed by atoms with E-state index in [4.69, 9.17) is 11.6 Å². The molecule has 2 aromatic heterocycles. The number of nitrogens with one attached hydrogen (secondary N) is 1. The van der Waals surface area contributed by atoms with Crippen LogP contribution in [0.1, 0.15) is 11.8 Å². The fourth-order valence-corrected chi connectivity index (χ4v) is 4.28. The molecule has 3 heterocycles. The quantitative estimate of drug-likeness (QED) is 0.572. The highest BCUT2D eigenvalue weighted by Gasteiger charge is 2.39. The molecule has 29 heavy (non-hydrogen) atoms. The Hall–Kier alpha value is -2.33. The fourth-order valence-electron chi connectivity index (χ4n) is 3.42. The molecule has 11 heteroatoms. The average molecular weight is 446 g/mol. The highest BCUT2D eigenvalue weighted by molar-refractivity contribution is 7.10. The third kappa shape index (κ3) is 3.91. The van der Waals surface area contributed by atoms with Crippen molar-refractivity contribution < 1.29 is 17.6 Å². The molecule has 0 spiro atoms. The van der Waals surface area contributed by atoms with Gasteiger partial charge < -0.3 is 9.80 Å². The Morgan fingerprint density at radius 2 is 2.03 bits per heavy atom. The van der Waals surface area contributed by atoms with Gasteiger partial charge in [-0.3, -0.25) is 5.10 Å². The molecule has 0 aliphatic carbocycles. The summed E-state index contributed by atoms with van der Waals surface area (Å²) in [6.45, 7) is 3.19. The Balaban J connectivity index is 1.51. The largest absolute Gasteiger partial charge is 0.429 e. The van der Waals surface area contributed by atoms with E-state index >= 15 is 0 Å². The topological polar surface area (TPSA) is 48.1 Å². The molecule has 1 aliphatic rings. The van der Waals surface area contributed by atoms with Gasteiger partial charge in [0.15, 0.2) is 16.5 Å². The second-order valence-electron chi connectivity index (χ2n) is 6.76. The SMILES string of the molecule is CC1CN(c2ncsc2C(F)(F)F)CCN1c1cc(-c2ccc(F)c(Cl)c2)[nH]n1. The Bertz CT molecular complexity index is 1020. The molecule has 5 nitrogen and oxygen atoms in total. The molecule has 3 aromatic rings. The summed E-state index contributed by atoms with van der Waals surface area (Å²) in [4.78, 5) is 6.94. The van der Waals surface area contributed by atoms with Crippen molar-refractivity contribution in [1.29, 1.82) is 0 Å². The van der Waals surface area contributed by atoms with E-state index in [9.17, 15) is 17.6 Å². The molecular formula is C18H16ClF4N5S. The molecule has 154 valence electrons. The first-order chi connectivity index (χ1) is 13.7. The van der Waals surface area contributed by atoms with Crippen molar-refractivity contribution in [3.8, 4) is 11.3 Å². The van der Waals surface area contributed by atoms with E-state index in [1.54, 1.807) is 11.0 Å². The molecule has 0 saturated carbocycles. The molecule has 1 fully saturated rings. The van der Waals surface area contributed by atoms with Gasteiger partial charge in [0.05, 0.1) is 16.2 Å². The number of hydrogen-bond donors (Lipinski definition) is 1. The molecule has 0 bridgehead atoms. The number of alkyl halides is 3. The highest BCUT2D eigenvalue weighted by atomic mass is 35.5. The zero-order chi connectivity index (χ0) is 20.8. The number of anilines is 2. The van der Waals surface area contributed by atoms with Crippen LogP contribution in [-0.2, 0) is 6.18 Å². The molecule has 1 saturated heterocycles. The lowest BCUT2D eigenvalue weighted by atomic mass is 10.1. The van der Waals surface area contributed by atoms with Crippen LogP contribution in [0, 0.1) is 5.82 Å². The summed E-state index contributed by atoms with van der Waals surface area (Å²) in [5.41, 5.74) is 2.59. The first-order valence-electron chi connectivity index (χ1n) is 8.77. The maximum atomic E-state index is 13.4. The number of aromatic amines is 1. The summed E-state index contributed by atoms with van der Waals surface area (Å²) in [6.07, 6.45) is -4.41. The number of hydrogen-bond acceptors (Lipinski definition) is 5. The zero-order valence-corrected chi connectivity index (χ0v) is 16.7. The fraction of sp³-hybridized carbons (Fsp3) is 0.333. The number of benzene rings is 1. The number of piperazine rings is 1. The van der Waals surface area contributed by atoms with Gasteiger partial charge >= 0.3 is 6.18 Å². The van der Waals surface area contributed by atoms with Crippen LogP contribution in [0.25, 0.3) is 11.3 Å². The smallest absolute Gasteiger partial charge is 0.352 e. The molecule has 1 aromatic carbocycles. The number of nitrogens with zero attached hydrogens (tertiary/aromatic N) is 4. The van der Waals surface area contributed by atoms with Gasteiger partial charge in [0, 0.05) is 37.3 Å². The van der Waals surface area contributed by atoms with Crippen molar-refractivity contribution in [3.63, 3.8) is 0 Å². The van der Waals surface area contributed by atoms with Gasteiger partial charge in [0.25, 0.3) is 0 Å². The van der Waals surface area contributed by atoms with Crippen LogP contribution >= 0.6 is 22.9 Å². The lowest BCUT2D eigenvalue weighted by Gasteiger charge is -2.40. The van der Waals surface area contributed by atoms with Gasteiger partial charge in [-0.25, -0.2) is 9.37 Å². The molecule has 1 unspecified atom stereocenters. The van der Waals surface area contributed by atoms with E-state index < -0.39 is 16.9 Å². The summed E-state index contributed by atoms with van der Waals surface area (Å²) in [7, 11) is 0. The van der Waals surface area contributed by atoms with Crippen LogP contribution in [0.3, 0.4) is 0 Å². The zero-order valence-electron chi connectivity index (χ0n) is 15.2. The molecule has 1 atom stereocenters. The first kappa shape index (κ1) is 20.0. The summed E-state index contributed by atoms with van der Waals surface area (Å²) >= 11 is 6.45. The van der Waals surface area contributed by atoms with Crippen molar-refractivity contribution in [2.45, 2.75) is 19.1 Å². The summed E-state index contributed by atoms with van der Waals surface area (Å²) in [5.74, 6) is 0.153. The van der Waals surface area contributed by atoms with Crippen molar-refractivity contribution in [1.82, 2.24) is 15.2 Å². The van der Waals surface area contributed by atoms with Crippen LogP contribution in [-0.4, -0.2) is 40.9 Å². The maximum Gasteiger partial charge on any atom is 0.429 e. The van der Waals surface area contributed by atoms with Gasteiger partial charge in [-0.2, -0.15) is 18.3 Å². The van der Waals surface area contributed by atoms with E-state index in [-0.39, 0.29) is 16.9 Å². The lowest BCUT2D eigenvalue weighted by molar-refractivity contribution is -0.134. The number of halogens is 5. The van der Waals surface area contributed by atoms with Gasteiger partial charge in [0.1, 0.15) is 5.82 Å². The van der Waals surface area contributed by atoms with Gasteiger partial charge in [-0.1, -0.05) is 11.6 Å². The van der Waals surface area contributed by atoms with Crippen molar-refractivity contribution in [2.75, 3.05) is 29.4 Å². The third-order valence-electron chi connectivity index (χ3n) is 4.82. The lowest BCUT2D eigenvalue weighted by Crippen LogP contribution is -2.52. The molecule has 0 amide bonds. The van der Waals surface area contributed by atoms with Crippen LogP contribution in [0.5, 0.6) is 0 Å². The van der Waals surface area contributed by atoms with E-state index in [1.165, 1.54) is 17.6 Å². The molecule has 1 N–H and O–H groups in total. The van der Waals surface area contributed by atoms with Crippen LogP contribution < -0.4 is 9.80 Å². The second kappa shape index (κ2) is 7.49. The summed E-state index contributed by atoms with van der Waals surface area (Å²) in [6, 6.07) is 6.13. The molecule has 4 rings (SSSR count). The van der Waals surface area contributed by atoms with Gasteiger partial charge in [-0.05, 0) is 25.1 Å². The minimum absolute atomic E-state index is 0.0160. The highest BCUT2D eigenvalue weighted by Crippen LogP contribution is 2.39. The number of H-pyrrole nitrogens is 1. The number of rotatable bonds is 3. The van der Waals surface area contributed by atoms with E-state index in [0.29, 0.717) is 48.0 Å². The van der Waals surface area contributed by atoms with Crippen molar-refractivity contribution >= 4 is 34.6 Å². The van der Waals surface area contributed by atoms with E-state index in [2.05, 4.69) is 15.2 Å². The monoisotopic (exact) mass is 445 g/mol. The normalized spacial score (nSPS) is 17.8. The van der Waals surface area contributed by atoms with Crippen molar-refractivity contribution in [3.05, 3.63) is 45.5 Å². The van der Waals surface area contributed by atoms with Crippen LogP contribution in [0.4, 0.5) is 29.2 Å². The molecule has 0 radical (unpaired) electrons. The maximum absolute atomic E-state index is 13.4. The second-order valence-corrected chi connectivity index (χ2v) is 8.02. The number of thiazole rings is 1. The van der Waals surface area contributed by atoms with Gasteiger partial charge in [-0.15, -0.1) is 11.3 Å². The first-order valence-corrected chi connectivity index (χ1v) is 10.0. The predicted octanol–water partition coefficient (Wildman–Crippen LogP) is 5.06. The van der Waals surface area contributed by atoms with E-state index in [0.717, 1.165) is 0 Å². The number of aromatic nitrogens is 3. The van der Waals surface area contributed by atoms with Crippen molar-refractivity contribution in [2.24, 2.45) is 0 Å². The van der Waals surface area contributed by atoms with Gasteiger partial charge in [0.2, 0.25) is 0 Å². The molecule has 1 aliphatic heterocycles. The summed E-state index contributed by atoms with van der Waals surface area (Å²) < 4.78 is 52.9. The van der Waals surface area contributed by atoms with Crippen LogP contribution in [0.15, 0.2) is 29.8 Å². The van der Waals surface area contributed by atoms with Crippen LogP contribution in [0.2, 0.25) is 5.02 Å². The summed E-state index contributed by atoms with van der Waals surface area (Å²) in [5, 5.41) is 7.24. The Morgan fingerprint density at radius 3 is 2.72 bits per heavy atom. The Kier molecular flexibility index (Phi) is 5.16. The Labute approximate surface area is 172 Å². The Morgan fingerprint density at radius 1 is 1.24 bits per heavy atom.